The number of hydrogen-bond donors (Lipinski definition) is 0. The molecule has 0 spiro atoms. The Morgan fingerprint density at radius 2 is 1.31 bits per heavy atom. The van der Waals surface area contributed by atoms with Crippen LogP contribution in [0.25, 0.3) is 0 Å². The molecule has 0 N–H and O–H groups in total. The topological polar surface area (TPSA) is 0 Å². The molecule has 0 heteroatoms. The Hall–Kier alpha value is -2.60. The Morgan fingerprint density at radius 3 is 1.76 bits per heavy atom. The second-order valence-electron chi connectivity index (χ2n) is 8.95. The second kappa shape index (κ2) is 8.03. The van der Waals surface area contributed by atoms with Gasteiger partial charge in [0.2, 0.25) is 0 Å². The van der Waals surface area contributed by atoms with E-state index in [4.69, 9.17) is 0 Å². The van der Waals surface area contributed by atoms with Crippen LogP contribution in [0.2, 0.25) is 0 Å². The molecule has 0 aliphatic heterocycles. The SMILES string of the molecule is C=C(C)C1=C(C(C)(c2ccc(C)cc2C)c2ccc(C)cc2C)C=CC(C)C=C1. The van der Waals surface area contributed by atoms with Crippen LogP contribution in [0.5, 0.6) is 0 Å². The number of allylic oxidation sites excluding steroid dienone is 7. The van der Waals surface area contributed by atoms with Crippen LogP contribution in [0.3, 0.4) is 0 Å². The van der Waals surface area contributed by atoms with Crippen molar-refractivity contribution in [3.8, 4) is 0 Å². The lowest BCUT2D eigenvalue weighted by Gasteiger charge is -2.37. The molecule has 0 saturated carbocycles. The maximum absolute atomic E-state index is 4.33. The Labute approximate surface area is 177 Å². The fourth-order valence-corrected chi connectivity index (χ4v) is 4.73. The van der Waals surface area contributed by atoms with Gasteiger partial charge in [0, 0.05) is 5.41 Å². The molecule has 1 atom stereocenters. The normalized spacial score (nSPS) is 16.9. The summed E-state index contributed by atoms with van der Waals surface area (Å²) in [6, 6.07) is 13.7. The first kappa shape index (κ1) is 21.1. The summed E-state index contributed by atoms with van der Waals surface area (Å²) in [5.41, 5.74) is 11.4. The number of benzene rings is 2. The van der Waals surface area contributed by atoms with Crippen LogP contribution in [0.1, 0.15) is 54.2 Å². The molecule has 29 heavy (non-hydrogen) atoms. The zero-order valence-electron chi connectivity index (χ0n) is 19.1. The van der Waals surface area contributed by atoms with Crippen molar-refractivity contribution in [1.82, 2.24) is 0 Å². The number of aryl methyl sites for hydroxylation is 4. The van der Waals surface area contributed by atoms with Gasteiger partial charge < -0.3 is 0 Å². The summed E-state index contributed by atoms with van der Waals surface area (Å²) in [4.78, 5) is 0. The van der Waals surface area contributed by atoms with Gasteiger partial charge >= 0.3 is 0 Å². The highest BCUT2D eigenvalue weighted by Gasteiger charge is 2.36. The molecule has 2 aromatic rings. The summed E-state index contributed by atoms with van der Waals surface area (Å²) < 4.78 is 0. The van der Waals surface area contributed by atoms with Crippen molar-refractivity contribution in [2.24, 2.45) is 5.92 Å². The maximum Gasteiger partial charge on any atom is 0.0434 e. The summed E-state index contributed by atoms with van der Waals surface area (Å²) in [6.45, 7) is 19.9. The minimum absolute atomic E-state index is 0.269. The predicted molar refractivity (Wildman–Crippen MR) is 128 cm³/mol. The lowest BCUT2D eigenvalue weighted by atomic mass is 9.66. The Kier molecular flexibility index (Phi) is 5.85. The molecule has 3 rings (SSSR count). The van der Waals surface area contributed by atoms with E-state index in [1.54, 1.807) is 0 Å². The Morgan fingerprint density at radius 1 is 0.828 bits per heavy atom. The minimum atomic E-state index is -0.269. The molecule has 0 fully saturated rings. The molecule has 0 aromatic heterocycles. The van der Waals surface area contributed by atoms with E-state index in [2.05, 4.69) is 116 Å². The molecule has 2 aromatic carbocycles. The van der Waals surface area contributed by atoms with Gasteiger partial charge in [0.25, 0.3) is 0 Å². The molecule has 1 aliphatic carbocycles. The van der Waals surface area contributed by atoms with Crippen LogP contribution < -0.4 is 0 Å². The highest BCUT2D eigenvalue weighted by Crippen LogP contribution is 2.45. The minimum Gasteiger partial charge on any atom is -0.0955 e. The molecule has 0 heterocycles. The molecular formula is C29H34. The van der Waals surface area contributed by atoms with E-state index in [0.717, 1.165) is 5.57 Å². The lowest BCUT2D eigenvalue weighted by Crippen LogP contribution is -2.29. The van der Waals surface area contributed by atoms with Crippen molar-refractivity contribution < 1.29 is 0 Å². The molecule has 0 saturated heterocycles. The van der Waals surface area contributed by atoms with Gasteiger partial charge in [0.1, 0.15) is 0 Å². The Balaban J connectivity index is 2.44. The average Bonchev–Trinajstić information content (AvgIpc) is 2.83. The van der Waals surface area contributed by atoms with E-state index in [0.29, 0.717) is 5.92 Å². The van der Waals surface area contributed by atoms with Crippen LogP contribution in [0.4, 0.5) is 0 Å². The fourth-order valence-electron chi connectivity index (χ4n) is 4.73. The van der Waals surface area contributed by atoms with Crippen molar-refractivity contribution in [3.05, 3.63) is 117 Å². The predicted octanol–water partition coefficient (Wildman–Crippen LogP) is 7.86. The van der Waals surface area contributed by atoms with Crippen molar-refractivity contribution in [3.63, 3.8) is 0 Å². The molecule has 0 radical (unpaired) electrons. The Bertz CT molecular complexity index is 988. The van der Waals surface area contributed by atoms with Crippen LogP contribution in [-0.2, 0) is 5.41 Å². The summed E-state index contributed by atoms with van der Waals surface area (Å²) in [5.74, 6) is 0.407. The monoisotopic (exact) mass is 382 g/mol. The summed E-state index contributed by atoms with van der Waals surface area (Å²) in [6.07, 6.45) is 9.20. The van der Waals surface area contributed by atoms with Crippen LogP contribution >= 0.6 is 0 Å². The third-order valence-electron chi connectivity index (χ3n) is 6.26. The molecule has 0 nitrogen and oxygen atoms in total. The summed E-state index contributed by atoms with van der Waals surface area (Å²) >= 11 is 0. The second-order valence-corrected chi connectivity index (χ2v) is 8.95. The summed E-state index contributed by atoms with van der Waals surface area (Å²) in [7, 11) is 0. The first-order chi connectivity index (χ1) is 13.6. The first-order valence-corrected chi connectivity index (χ1v) is 10.6. The molecule has 1 unspecified atom stereocenters. The standard InChI is InChI=1S/C29H34/c1-19(2)25-13-9-20(3)10-16-28(25)29(8,26-14-11-21(4)17-23(26)6)27-15-12-22(5)18-24(27)7/h9-18,20H,1H2,2-8H3. The van der Waals surface area contributed by atoms with Gasteiger partial charge in [-0.15, -0.1) is 0 Å². The molecule has 0 bridgehead atoms. The van der Waals surface area contributed by atoms with Gasteiger partial charge in [-0.1, -0.05) is 90.9 Å². The number of rotatable bonds is 4. The fraction of sp³-hybridized carbons (Fsp3) is 0.310. The van der Waals surface area contributed by atoms with Gasteiger partial charge in [-0.25, -0.2) is 0 Å². The highest BCUT2D eigenvalue weighted by molar-refractivity contribution is 5.62. The molecule has 150 valence electrons. The van der Waals surface area contributed by atoms with Crippen molar-refractivity contribution in [2.75, 3.05) is 0 Å². The van der Waals surface area contributed by atoms with Gasteiger partial charge in [0.15, 0.2) is 0 Å². The largest absolute Gasteiger partial charge is 0.0955 e. The third-order valence-corrected chi connectivity index (χ3v) is 6.26. The zero-order chi connectivity index (χ0) is 21.3. The van der Waals surface area contributed by atoms with E-state index >= 15 is 0 Å². The van der Waals surface area contributed by atoms with Gasteiger partial charge in [-0.3, -0.25) is 0 Å². The summed E-state index contributed by atoms with van der Waals surface area (Å²) in [5, 5.41) is 0. The average molecular weight is 383 g/mol. The van der Waals surface area contributed by atoms with Crippen molar-refractivity contribution in [2.45, 2.75) is 53.9 Å². The van der Waals surface area contributed by atoms with Crippen molar-refractivity contribution >= 4 is 0 Å². The molecule has 0 amide bonds. The van der Waals surface area contributed by atoms with Gasteiger partial charge in [-0.2, -0.15) is 0 Å². The first-order valence-electron chi connectivity index (χ1n) is 10.6. The third kappa shape index (κ3) is 3.94. The highest BCUT2D eigenvalue weighted by atomic mass is 14.4. The van der Waals surface area contributed by atoms with Crippen LogP contribution in [0.15, 0.2) is 84.0 Å². The quantitative estimate of drug-likeness (QED) is 0.505. The number of hydrogen-bond acceptors (Lipinski definition) is 0. The zero-order valence-corrected chi connectivity index (χ0v) is 19.1. The smallest absolute Gasteiger partial charge is 0.0434 e. The van der Waals surface area contributed by atoms with E-state index in [-0.39, 0.29) is 5.41 Å². The molecule has 1 aliphatic rings. The van der Waals surface area contributed by atoms with Crippen LogP contribution in [-0.4, -0.2) is 0 Å². The van der Waals surface area contributed by atoms with E-state index in [1.807, 2.05) is 0 Å². The van der Waals surface area contributed by atoms with Crippen molar-refractivity contribution in [1.29, 1.82) is 0 Å². The van der Waals surface area contributed by atoms with E-state index < -0.39 is 0 Å². The van der Waals surface area contributed by atoms with Crippen LogP contribution in [0, 0.1) is 33.6 Å². The van der Waals surface area contributed by atoms with Gasteiger partial charge in [0.05, 0.1) is 0 Å². The van der Waals surface area contributed by atoms with E-state index in [9.17, 15) is 0 Å². The maximum atomic E-state index is 4.33. The van der Waals surface area contributed by atoms with Gasteiger partial charge in [-0.05, 0) is 80.9 Å². The lowest BCUT2D eigenvalue weighted by molar-refractivity contribution is 0.674. The van der Waals surface area contributed by atoms with E-state index in [1.165, 1.54) is 44.5 Å². The molecular weight excluding hydrogens is 348 g/mol.